The average Bonchev–Trinajstić information content (AvgIpc) is 2.76. The third-order valence-electron chi connectivity index (χ3n) is 4.51. The Balaban J connectivity index is 2.13. The molecule has 0 fully saturated rings. The fourth-order valence-electron chi connectivity index (χ4n) is 2.99. The molecule has 29 heavy (non-hydrogen) atoms. The molecule has 0 aromatic heterocycles. The molecule has 0 amide bonds. The van der Waals surface area contributed by atoms with Crippen LogP contribution >= 0.6 is 0 Å². The first kappa shape index (κ1) is 20.0. The number of ether oxygens (including phenoxy) is 1. The maximum atomic E-state index is 12.6. The number of rotatable bonds is 6. The average molecular weight is 382 g/mol. The van der Waals surface area contributed by atoms with Crippen molar-refractivity contribution in [3.05, 3.63) is 106 Å². The molecule has 3 aromatic carbocycles. The molecule has 3 rings (SSSR count). The first-order valence-corrected chi connectivity index (χ1v) is 9.32. The van der Waals surface area contributed by atoms with Gasteiger partial charge in [-0.3, -0.25) is 4.79 Å². The van der Waals surface area contributed by atoms with Crippen molar-refractivity contribution >= 4 is 36.1 Å². The summed E-state index contributed by atoms with van der Waals surface area (Å²) < 4.78 is 5.03. The van der Waals surface area contributed by atoms with Crippen molar-refractivity contribution in [1.29, 1.82) is 0 Å². The van der Waals surface area contributed by atoms with Crippen molar-refractivity contribution in [2.75, 3.05) is 7.11 Å². The Morgan fingerprint density at radius 2 is 1.17 bits per heavy atom. The van der Waals surface area contributed by atoms with E-state index in [0.717, 1.165) is 11.1 Å². The lowest BCUT2D eigenvalue weighted by Gasteiger charge is -2.11. The van der Waals surface area contributed by atoms with Gasteiger partial charge in [-0.15, -0.1) is 0 Å². The molecule has 0 bridgehead atoms. The normalized spacial score (nSPS) is 11.1. The number of carbonyl (C=O) groups is 2. The van der Waals surface area contributed by atoms with E-state index in [4.69, 9.17) is 4.74 Å². The predicted molar refractivity (Wildman–Crippen MR) is 119 cm³/mol. The molecule has 3 heteroatoms. The van der Waals surface area contributed by atoms with Gasteiger partial charge >= 0.3 is 5.97 Å². The van der Waals surface area contributed by atoms with Crippen LogP contribution in [-0.2, 0) is 4.74 Å². The second-order valence-electron chi connectivity index (χ2n) is 6.57. The molecule has 0 radical (unpaired) electrons. The summed E-state index contributed by atoms with van der Waals surface area (Å²) >= 11 is 0. The van der Waals surface area contributed by atoms with Crippen molar-refractivity contribution in [3.8, 4) is 0 Å². The highest BCUT2D eigenvalue weighted by Crippen LogP contribution is 2.24. The molecule has 0 aliphatic heterocycles. The van der Waals surface area contributed by atoms with E-state index < -0.39 is 5.97 Å². The molecule has 0 N–H and O–H groups in total. The largest absolute Gasteiger partial charge is 0.465 e. The van der Waals surface area contributed by atoms with Crippen LogP contribution in [0.3, 0.4) is 0 Å². The summed E-state index contributed by atoms with van der Waals surface area (Å²) in [6.45, 7) is 1.52. The van der Waals surface area contributed by atoms with Gasteiger partial charge in [-0.1, -0.05) is 85.0 Å². The lowest BCUT2D eigenvalue weighted by atomic mass is 9.94. The number of hydrogen-bond acceptors (Lipinski definition) is 3. The standard InChI is InChI=1S/C26H22O3/c1-19(27)24-17-22(15-13-20-9-5-3-6-10-20)25(26(28)29-2)23(18-24)16-14-21-11-7-4-8-12-21/h3-18H,1-2H3/b15-13+,16-14+. The predicted octanol–water partition coefficient (Wildman–Crippen LogP) is 6.02. The molecule has 0 saturated carbocycles. The summed E-state index contributed by atoms with van der Waals surface area (Å²) in [4.78, 5) is 24.7. The highest BCUT2D eigenvalue weighted by molar-refractivity contribution is 6.03. The van der Waals surface area contributed by atoms with Crippen LogP contribution in [0.2, 0.25) is 0 Å². The van der Waals surface area contributed by atoms with Gasteiger partial charge in [0, 0.05) is 5.56 Å². The Morgan fingerprint density at radius 3 is 1.55 bits per heavy atom. The molecule has 0 aliphatic carbocycles. The number of hydrogen-bond donors (Lipinski definition) is 0. The molecular weight excluding hydrogens is 360 g/mol. The molecule has 0 spiro atoms. The van der Waals surface area contributed by atoms with Crippen LogP contribution in [0.5, 0.6) is 0 Å². The number of carbonyl (C=O) groups excluding carboxylic acids is 2. The van der Waals surface area contributed by atoms with E-state index in [2.05, 4.69) is 0 Å². The molecule has 3 nitrogen and oxygen atoms in total. The maximum Gasteiger partial charge on any atom is 0.339 e. The minimum Gasteiger partial charge on any atom is -0.465 e. The summed E-state index contributed by atoms with van der Waals surface area (Å²) in [6, 6.07) is 23.0. The number of ketones is 1. The highest BCUT2D eigenvalue weighted by Gasteiger charge is 2.17. The lowest BCUT2D eigenvalue weighted by molar-refractivity contribution is 0.0600. The Morgan fingerprint density at radius 1 is 0.724 bits per heavy atom. The van der Waals surface area contributed by atoms with Crippen LogP contribution in [0.1, 0.15) is 49.9 Å². The highest BCUT2D eigenvalue weighted by atomic mass is 16.5. The van der Waals surface area contributed by atoms with Gasteiger partial charge in [0.15, 0.2) is 5.78 Å². The smallest absolute Gasteiger partial charge is 0.339 e. The van der Waals surface area contributed by atoms with E-state index in [9.17, 15) is 9.59 Å². The van der Waals surface area contributed by atoms with Crippen LogP contribution in [0, 0.1) is 0 Å². The van der Waals surface area contributed by atoms with Crippen LogP contribution in [-0.4, -0.2) is 18.9 Å². The Kier molecular flexibility index (Phi) is 6.54. The molecule has 0 unspecified atom stereocenters. The molecule has 144 valence electrons. The van der Waals surface area contributed by atoms with E-state index >= 15 is 0 Å². The summed E-state index contributed by atoms with van der Waals surface area (Å²) in [5.41, 5.74) is 4.24. The van der Waals surface area contributed by atoms with Crippen LogP contribution in [0.25, 0.3) is 24.3 Å². The van der Waals surface area contributed by atoms with E-state index in [1.54, 1.807) is 12.1 Å². The van der Waals surface area contributed by atoms with E-state index in [-0.39, 0.29) is 5.78 Å². The molecule has 0 atom stereocenters. The third-order valence-corrected chi connectivity index (χ3v) is 4.51. The van der Waals surface area contributed by atoms with Crippen molar-refractivity contribution in [3.63, 3.8) is 0 Å². The molecule has 0 heterocycles. The topological polar surface area (TPSA) is 43.4 Å². The maximum absolute atomic E-state index is 12.6. The lowest BCUT2D eigenvalue weighted by Crippen LogP contribution is -2.08. The van der Waals surface area contributed by atoms with Gasteiger partial charge in [-0.05, 0) is 41.3 Å². The summed E-state index contributed by atoms with van der Waals surface area (Å²) in [7, 11) is 1.36. The Bertz CT molecular complexity index is 991. The van der Waals surface area contributed by atoms with Gasteiger partial charge in [0.25, 0.3) is 0 Å². The Hall–Kier alpha value is -3.72. The minimum atomic E-state index is -0.444. The van der Waals surface area contributed by atoms with Crippen molar-refractivity contribution < 1.29 is 14.3 Å². The zero-order valence-corrected chi connectivity index (χ0v) is 16.5. The van der Waals surface area contributed by atoms with E-state index in [1.165, 1.54) is 14.0 Å². The van der Waals surface area contributed by atoms with E-state index in [1.807, 2.05) is 85.0 Å². The number of esters is 1. The van der Waals surface area contributed by atoms with Gasteiger partial charge in [-0.2, -0.15) is 0 Å². The van der Waals surface area contributed by atoms with Crippen LogP contribution in [0.15, 0.2) is 72.8 Å². The van der Waals surface area contributed by atoms with Gasteiger partial charge in [0.2, 0.25) is 0 Å². The first-order valence-electron chi connectivity index (χ1n) is 9.32. The molecule has 3 aromatic rings. The number of Topliss-reactive ketones (excluding diaryl/α,β-unsaturated/α-hetero) is 1. The second-order valence-corrected chi connectivity index (χ2v) is 6.57. The quantitative estimate of drug-likeness (QED) is 0.298. The Labute approximate surface area is 171 Å². The van der Waals surface area contributed by atoms with Crippen molar-refractivity contribution in [1.82, 2.24) is 0 Å². The van der Waals surface area contributed by atoms with Gasteiger partial charge in [-0.25, -0.2) is 4.79 Å². The van der Waals surface area contributed by atoms with Gasteiger partial charge in [0.05, 0.1) is 12.7 Å². The van der Waals surface area contributed by atoms with Gasteiger partial charge in [0.1, 0.15) is 0 Å². The van der Waals surface area contributed by atoms with Crippen molar-refractivity contribution in [2.24, 2.45) is 0 Å². The molecular formula is C26H22O3. The van der Waals surface area contributed by atoms with Gasteiger partial charge < -0.3 is 4.74 Å². The van der Waals surface area contributed by atoms with Crippen molar-refractivity contribution in [2.45, 2.75) is 6.92 Å². The summed E-state index contributed by atoms with van der Waals surface area (Å²) in [6.07, 6.45) is 7.51. The summed E-state index contributed by atoms with van der Waals surface area (Å²) in [5.74, 6) is -0.509. The van der Waals surface area contributed by atoms with E-state index in [0.29, 0.717) is 22.3 Å². The zero-order valence-electron chi connectivity index (χ0n) is 16.5. The minimum absolute atomic E-state index is 0.0647. The molecule has 0 aliphatic rings. The second kappa shape index (κ2) is 9.47. The fourth-order valence-corrected chi connectivity index (χ4v) is 2.99. The number of methoxy groups -OCH3 is 1. The van der Waals surface area contributed by atoms with Crippen LogP contribution in [0.4, 0.5) is 0 Å². The molecule has 0 saturated heterocycles. The first-order chi connectivity index (χ1) is 14.1. The number of benzene rings is 3. The monoisotopic (exact) mass is 382 g/mol. The summed E-state index contributed by atoms with van der Waals surface area (Å²) in [5, 5.41) is 0. The fraction of sp³-hybridized carbons (Fsp3) is 0.0769. The third kappa shape index (κ3) is 5.17. The zero-order chi connectivity index (χ0) is 20.6. The van der Waals surface area contributed by atoms with Crippen LogP contribution < -0.4 is 0 Å². The SMILES string of the molecule is COC(=O)c1c(/C=C/c2ccccc2)cc(C(C)=O)cc1/C=C/c1ccccc1.